The average molecular weight is 198 g/mol. The van der Waals surface area contributed by atoms with Crippen LogP contribution in [0.25, 0.3) is 0 Å². The molecule has 0 spiro atoms. The second-order valence-electron chi connectivity index (χ2n) is 4.95. The largest absolute Gasteiger partial charge is 0.368 e. The molecule has 0 aliphatic heterocycles. The van der Waals surface area contributed by atoms with Gasteiger partial charge in [0.2, 0.25) is 5.91 Å². The first-order valence-electron chi connectivity index (χ1n) is 5.54. The number of carbonyl (C=O) groups excluding carboxylic acids is 1. The van der Waals surface area contributed by atoms with Crippen LogP contribution in [0.5, 0.6) is 0 Å². The summed E-state index contributed by atoms with van der Waals surface area (Å²) in [5.74, 6) is 0.417. The number of primary amides is 1. The molecule has 3 N–H and O–H groups in total. The molecule has 0 aromatic carbocycles. The van der Waals surface area contributed by atoms with Crippen LogP contribution in [0.4, 0.5) is 0 Å². The molecule has 0 aromatic heterocycles. The van der Waals surface area contributed by atoms with Gasteiger partial charge < -0.3 is 11.1 Å². The molecule has 0 radical (unpaired) electrons. The Balaban J connectivity index is 2.75. The minimum absolute atomic E-state index is 0.183. The number of rotatable bonds is 3. The fourth-order valence-electron chi connectivity index (χ4n) is 2.53. The van der Waals surface area contributed by atoms with E-state index in [1.807, 2.05) is 0 Å². The summed E-state index contributed by atoms with van der Waals surface area (Å²) in [5, 5.41) is 3.35. The zero-order valence-corrected chi connectivity index (χ0v) is 9.47. The minimum Gasteiger partial charge on any atom is -0.368 e. The van der Waals surface area contributed by atoms with Crippen molar-refractivity contribution in [2.45, 2.75) is 58.0 Å². The monoisotopic (exact) mass is 198 g/mol. The van der Waals surface area contributed by atoms with Crippen LogP contribution in [0.15, 0.2) is 0 Å². The minimum atomic E-state index is -0.439. The maximum atomic E-state index is 11.5. The molecular weight excluding hydrogens is 176 g/mol. The van der Waals surface area contributed by atoms with Gasteiger partial charge in [0.05, 0.1) is 5.54 Å². The number of carbonyl (C=O) groups is 1. The van der Waals surface area contributed by atoms with Crippen LogP contribution in [-0.4, -0.2) is 17.5 Å². The Hall–Kier alpha value is -0.570. The van der Waals surface area contributed by atoms with Gasteiger partial charge in [-0.15, -0.1) is 0 Å². The highest BCUT2D eigenvalue weighted by Crippen LogP contribution is 2.32. The Morgan fingerprint density at radius 3 is 2.64 bits per heavy atom. The number of nitrogens with one attached hydrogen (secondary N) is 1. The molecule has 3 nitrogen and oxygen atoms in total. The Bertz CT molecular complexity index is 211. The summed E-state index contributed by atoms with van der Waals surface area (Å²) in [7, 11) is 0. The number of hydrogen-bond donors (Lipinski definition) is 2. The molecule has 0 aromatic rings. The summed E-state index contributed by atoms with van der Waals surface area (Å²) < 4.78 is 0. The molecule has 1 aliphatic carbocycles. The maximum absolute atomic E-state index is 11.5. The number of hydrogen-bond acceptors (Lipinski definition) is 2. The van der Waals surface area contributed by atoms with Gasteiger partial charge in [-0.3, -0.25) is 4.79 Å². The number of nitrogens with two attached hydrogens (primary N) is 1. The van der Waals surface area contributed by atoms with Crippen molar-refractivity contribution in [2.75, 3.05) is 0 Å². The highest BCUT2D eigenvalue weighted by Gasteiger charge is 2.40. The van der Waals surface area contributed by atoms with Gasteiger partial charge in [0.1, 0.15) is 0 Å². The molecule has 82 valence electrons. The SMILES string of the molecule is CC1CCCC(NC(C)C)(C(N)=O)C1. The summed E-state index contributed by atoms with van der Waals surface area (Å²) >= 11 is 0. The van der Waals surface area contributed by atoms with Crippen molar-refractivity contribution in [3.05, 3.63) is 0 Å². The molecular formula is C11H22N2O. The zero-order valence-electron chi connectivity index (χ0n) is 9.47. The topological polar surface area (TPSA) is 55.1 Å². The summed E-state index contributed by atoms with van der Waals surface area (Å²) in [6.07, 6.45) is 4.10. The van der Waals surface area contributed by atoms with Crippen molar-refractivity contribution in [2.24, 2.45) is 11.7 Å². The molecule has 1 aliphatic rings. The van der Waals surface area contributed by atoms with Gasteiger partial charge in [0.25, 0.3) is 0 Å². The Morgan fingerprint density at radius 2 is 2.21 bits per heavy atom. The van der Waals surface area contributed by atoms with E-state index in [1.165, 1.54) is 6.42 Å². The molecule has 2 unspecified atom stereocenters. The van der Waals surface area contributed by atoms with Gasteiger partial charge in [-0.1, -0.05) is 19.8 Å². The molecule has 14 heavy (non-hydrogen) atoms. The average Bonchev–Trinajstić information content (AvgIpc) is 2.02. The van der Waals surface area contributed by atoms with Crippen molar-refractivity contribution in [1.29, 1.82) is 0 Å². The van der Waals surface area contributed by atoms with Gasteiger partial charge in [-0.2, -0.15) is 0 Å². The lowest BCUT2D eigenvalue weighted by Gasteiger charge is -2.39. The van der Waals surface area contributed by atoms with Crippen LogP contribution < -0.4 is 11.1 Å². The van der Waals surface area contributed by atoms with Gasteiger partial charge in [-0.05, 0) is 32.6 Å². The molecule has 1 amide bonds. The summed E-state index contributed by atoms with van der Waals surface area (Å²) in [4.78, 5) is 11.5. The van der Waals surface area contributed by atoms with Crippen molar-refractivity contribution < 1.29 is 4.79 Å². The normalized spacial score (nSPS) is 33.3. The fraction of sp³-hybridized carbons (Fsp3) is 0.909. The van der Waals surface area contributed by atoms with Crippen LogP contribution in [0.2, 0.25) is 0 Å². The van der Waals surface area contributed by atoms with Gasteiger partial charge in [0.15, 0.2) is 0 Å². The van der Waals surface area contributed by atoms with E-state index in [1.54, 1.807) is 0 Å². The van der Waals surface area contributed by atoms with Crippen LogP contribution >= 0.6 is 0 Å². The molecule has 2 atom stereocenters. The fourth-order valence-corrected chi connectivity index (χ4v) is 2.53. The third kappa shape index (κ3) is 2.47. The third-order valence-electron chi connectivity index (χ3n) is 3.03. The first-order valence-corrected chi connectivity index (χ1v) is 5.54. The van der Waals surface area contributed by atoms with Gasteiger partial charge >= 0.3 is 0 Å². The van der Waals surface area contributed by atoms with E-state index in [2.05, 4.69) is 26.1 Å². The second kappa shape index (κ2) is 4.30. The van der Waals surface area contributed by atoms with Crippen molar-refractivity contribution in [3.8, 4) is 0 Å². The van der Waals surface area contributed by atoms with E-state index in [4.69, 9.17) is 5.73 Å². The predicted octanol–water partition coefficient (Wildman–Crippen LogP) is 1.42. The second-order valence-corrected chi connectivity index (χ2v) is 4.95. The van der Waals surface area contributed by atoms with Crippen LogP contribution in [-0.2, 0) is 4.79 Å². The van der Waals surface area contributed by atoms with E-state index in [0.29, 0.717) is 12.0 Å². The molecule has 1 rings (SSSR count). The molecule has 1 saturated carbocycles. The van der Waals surface area contributed by atoms with Gasteiger partial charge in [0, 0.05) is 6.04 Å². The molecule has 1 fully saturated rings. The highest BCUT2D eigenvalue weighted by molar-refractivity contribution is 5.84. The quantitative estimate of drug-likeness (QED) is 0.720. The smallest absolute Gasteiger partial charge is 0.237 e. The summed E-state index contributed by atoms with van der Waals surface area (Å²) in [6.45, 7) is 6.31. The summed E-state index contributed by atoms with van der Waals surface area (Å²) in [6, 6.07) is 0.313. The lowest BCUT2D eigenvalue weighted by molar-refractivity contribution is -0.126. The van der Waals surface area contributed by atoms with E-state index >= 15 is 0 Å². The Kier molecular flexibility index (Phi) is 3.53. The zero-order chi connectivity index (χ0) is 10.8. The standard InChI is InChI=1S/C11H22N2O/c1-8(2)13-11(10(12)14)6-4-5-9(3)7-11/h8-9,13H,4-7H2,1-3H3,(H2,12,14). The Morgan fingerprint density at radius 1 is 1.57 bits per heavy atom. The van der Waals surface area contributed by atoms with E-state index < -0.39 is 5.54 Å². The van der Waals surface area contributed by atoms with Crippen LogP contribution in [0.3, 0.4) is 0 Å². The van der Waals surface area contributed by atoms with E-state index in [0.717, 1.165) is 19.3 Å². The van der Waals surface area contributed by atoms with Crippen molar-refractivity contribution >= 4 is 5.91 Å². The van der Waals surface area contributed by atoms with Gasteiger partial charge in [-0.25, -0.2) is 0 Å². The first kappa shape index (κ1) is 11.5. The van der Waals surface area contributed by atoms with Crippen LogP contribution in [0.1, 0.15) is 46.5 Å². The van der Waals surface area contributed by atoms with Crippen molar-refractivity contribution in [1.82, 2.24) is 5.32 Å². The van der Waals surface area contributed by atoms with E-state index in [9.17, 15) is 4.79 Å². The molecule has 0 heterocycles. The Labute approximate surface area is 86.4 Å². The first-order chi connectivity index (χ1) is 6.46. The van der Waals surface area contributed by atoms with Crippen molar-refractivity contribution in [3.63, 3.8) is 0 Å². The number of amides is 1. The molecule has 3 heteroatoms. The van der Waals surface area contributed by atoms with E-state index in [-0.39, 0.29) is 5.91 Å². The maximum Gasteiger partial charge on any atom is 0.237 e. The predicted molar refractivity (Wildman–Crippen MR) is 57.8 cm³/mol. The molecule has 0 bridgehead atoms. The highest BCUT2D eigenvalue weighted by atomic mass is 16.1. The lowest BCUT2D eigenvalue weighted by Crippen LogP contribution is -2.59. The summed E-state index contributed by atoms with van der Waals surface area (Å²) in [5.41, 5.74) is 5.07. The van der Waals surface area contributed by atoms with Crippen LogP contribution in [0, 0.1) is 5.92 Å². The lowest BCUT2D eigenvalue weighted by atomic mass is 9.75. The third-order valence-corrected chi connectivity index (χ3v) is 3.03. The molecule has 0 saturated heterocycles.